The molecule has 18 heteroatoms. The molecule has 4 N–H and O–H groups in total. The van der Waals surface area contributed by atoms with Gasteiger partial charge in [-0.3, -0.25) is 32.5 Å². The van der Waals surface area contributed by atoms with Crippen molar-refractivity contribution in [2.75, 3.05) is 39.6 Å². The Balaban J connectivity index is 4.59. The molecule has 0 amide bonds. The molecule has 0 radical (unpaired) electrons. The Bertz CT molecular complexity index is 2920. The third-order valence-corrected chi connectivity index (χ3v) is 22.8. The second-order valence-electron chi connectivity index (χ2n) is 32.8. The molecule has 0 saturated carbocycles. The predicted octanol–water partition coefficient (Wildman–Crippen LogP) is 31.0. The monoisotopic (exact) mass is 1760 g/mol. The lowest BCUT2D eigenvalue weighted by molar-refractivity contribution is -0.161. The summed E-state index contributed by atoms with van der Waals surface area (Å²) in [5.41, 5.74) is 0. The molecule has 0 aliphatic heterocycles. The second kappa shape index (κ2) is 96.0. The smallest absolute Gasteiger partial charge is 0.463 e. The van der Waals surface area contributed by atoms with Crippen molar-refractivity contribution in [1.82, 2.24) is 0 Å². The fourth-order valence-electron chi connectivity index (χ4n) is 13.5. The molecule has 0 aliphatic rings. The third-order valence-electron chi connectivity index (χ3n) is 20.9. The Kier molecular flexibility index (Phi) is 92.0. The third kappa shape index (κ3) is 97.4. The summed E-state index contributed by atoms with van der Waals surface area (Å²) in [6.07, 6.45) is 125. The Labute approximate surface area is 752 Å². The first-order valence-electron chi connectivity index (χ1n) is 49.4. The van der Waals surface area contributed by atoms with Gasteiger partial charge in [0.1, 0.15) is 25.4 Å². The van der Waals surface area contributed by atoms with Crippen LogP contribution in [-0.4, -0.2) is 95.9 Å². The summed E-state index contributed by atoms with van der Waals surface area (Å²) in [6.45, 7) is 2.48. The first-order valence-corrected chi connectivity index (χ1v) is 52.4. The van der Waals surface area contributed by atoms with Gasteiger partial charge in [0.2, 0.25) is 0 Å². The minimum absolute atomic E-state index is 0.0930. The number of rotatable bonds is 93. The van der Waals surface area contributed by atoms with E-state index in [1.807, 2.05) is 0 Å². The molecule has 706 valence electrons. The summed E-state index contributed by atoms with van der Waals surface area (Å²) in [5.74, 6) is -1.57. The van der Waals surface area contributed by atoms with E-state index in [1.165, 1.54) is 193 Å². The van der Waals surface area contributed by atoms with Crippen LogP contribution in [0.4, 0.5) is 0 Å². The largest absolute Gasteiger partial charge is 0.472 e. The summed E-state index contributed by atoms with van der Waals surface area (Å²) in [6, 6.07) is 0. The number of ether oxygens (including phenoxy) is 3. The van der Waals surface area contributed by atoms with Crippen LogP contribution in [0.15, 0.2) is 170 Å². The topological polar surface area (TPSA) is 231 Å². The molecule has 16 nitrogen and oxygen atoms in total. The number of phosphoric acid groups is 2. The molecule has 0 spiro atoms. The molecule has 0 saturated heterocycles. The van der Waals surface area contributed by atoms with Crippen LogP contribution in [0.5, 0.6) is 0 Å². The van der Waals surface area contributed by atoms with Gasteiger partial charge in [-0.25, -0.2) is 9.13 Å². The average molecular weight is 1760 g/mol. The molecule has 0 fully saturated rings. The highest BCUT2D eigenvalue weighted by molar-refractivity contribution is 7.47. The van der Waals surface area contributed by atoms with Gasteiger partial charge in [-0.05, 0) is 154 Å². The number of carbonyl (C=O) groups excluding carboxylic acids is 3. The van der Waals surface area contributed by atoms with Gasteiger partial charge in [-0.2, -0.15) is 0 Å². The number of carbonyl (C=O) groups is 3. The molecule has 0 rings (SSSR count). The zero-order chi connectivity index (χ0) is 89.3. The van der Waals surface area contributed by atoms with Crippen molar-refractivity contribution in [3.8, 4) is 0 Å². The molecule has 0 aromatic rings. The van der Waals surface area contributed by atoms with E-state index in [0.717, 1.165) is 167 Å². The normalized spacial score (nSPS) is 14.4. The number of phosphoric ester groups is 2. The number of unbranched alkanes of at least 4 members (excludes halogenated alkanes) is 42. The summed E-state index contributed by atoms with van der Waals surface area (Å²) in [5, 5.41) is 20.8. The number of allylic oxidation sites excluding steroid dienone is 28. The van der Waals surface area contributed by atoms with Gasteiger partial charge >= 0.3 is 33.6 Å². The van der Waals surface area contributed by atoms with Crippen LogP contribution in [-0.2, 0) is 55.8 Å². The summed E-state index contributed by atoms with van der Waals surface area (Å²) in [4.78, 5) is 59.2. The van der Waals surface area contributed by atoms with Crippen molar-refractivity contribution in [3.63, 3.8) is 0 Å². The standard InChI is InChI=1S/C105H180O16P2/c1-4-7-10-13-16-19-22-25-28-31-34-37-40-43-45-47-48-49-50-52-54-56-58-61-64-67-70-73-76-79-82-85-88-91-103(108)115-94-100(106)95-117-122(111,112)118-96-101(107)97-119-123(113,114)120-99-102(121-105(110)93-90-87-84-81-78-75-72-69-66-63-60-55-42-39-36-33-30-27-24-21-18-15-12-9-6-3)98-116-104(109)92-89-86-83-80-77-74-71-68-65-62-59-57-53-51-46-44-41-38-35-32-29-26-23-20-17-14-11-8-5-2/h8-9,11-12,16-21,25-30,34-39,43-46,55,60,100-102,106-107H,4-7,10,13-15,22-24,31-33,40-42,47-54,56-59,61-99H2,1-3H3,(H,111,112)(H,113,114)/b11-8-,12-9-,19-16-,20-17-,21-18-,28-25-,29-26-,30-27-,37-34-,38-35-,39-36-,45-43-,46-44-,60-55-. The molecule has 0 aromatic carbocycles. The summed E-state index contributed by atoms with van der Waals surface area (Å²) < 4.78 is 61.6. The fraction of sp³-hybridized carbons (Fsp3) is 0.705. The number of aliphatic hydroxyl groups excluding tert-OH is 2. The maximum Gasteiger partial charge on any atom is 0.472 e. The van der Waals surface area contributed by atoms with E-state index in [4.69, 9.17) is 32.3 Å². The van der Waals surface area contributed by atoms with E-state index >= 15 is 0 Å². The van der Waals surface area contributed by atoms with E-state index in [2.05, 4.69) is 191 Å². The maximum absolute atomic E-state index is 13.1. The van der Waals surface area contributed by atoms with E-state index in [9.17, 15) is 43.5 Å². The molecule has 0 heterocycles. The van der Waals surface area contributed by atoms with E-state index in [-0.39, 0.29) is 19.3 Å². The molecule has 5 atom stereocenters. The molecule has 5 unspecified atom stereocenters. The highest BCUT2D eigenvalue weighted by atomic mass is 31.2. The van der Waals surface area contributed by atoms with Crippen molar-refractivity contribution in [2.45, 2.75) is 437 Å². The zero-order valence-electron chi connectivity index (χ0n) is 78.1. The lowest BCUT2D eigenvalue weighted by atomic mass is 10.0. The van der Waals surface area contributed by atoms with Gasteiger partial charge in [-0.15, -0.1) is 0 Å². The zero-order valence-corrected chi connectivity index (χ0v) is 79.9. The lowest BCUT2D eigenvalue weighted by Crippen LogP contribution is -2.30. The Morgan fingerprint density at radius 1 is 0.236 bits per heavy atom. The van der Waals surface area contributed by atoms with E-state index in [0.29, 0.717) is 19.3 Å². The van der Waals surface area contributed by atoms with Crippen LogP contribution in [0.25, 0.3) is 0 Å². The highest BCUT2D eigenvalue weighted by Crippen LogP contribution is 2.45. The summed E-state index contributed by atoms with van der Waals surface area (Å²) >= 11 is 0. The second-order valence-corrected chi connectivity index (χ2v) is 35.7. The van der Waals surface area contributed by atoms with E-state index in [1.54, 1.807) is 0 Å². The van der Waals surface area contributed by atoms with Crippen molar-refractivity contribution in [2.24, 2.45) is 0 Å². The first kappa shape index (κ1) is 118. The number of hydrogen-bond donors (Lipinski definition) is 4. The number of aliphatic hydroxyl groups is 2. The van der Waals surface area contributed by atoms with Crippen LogP contribution in [0.1, 0.15) is 419 Å². The van der Waals surface area contributed by atoms with Gasteiger partial charge in [-0.1, -0.05) is 416 Å². The molecule has 0 aliphatic carbocycles. The van der Waals surface area contributed by atoms with Crippen LogP contribution >= 0.6 is 15.6 Å². The number of esters is 3. The molecule has 0 bridgehead atoms. The van der Waals surface area contributed by atoms with Crippen LogP contribution in [0.3, 0.4) is 0 Å². The summed E-state index contributed by atoms with van der Waals surface area (Å²) in [7, 11) is -9.82. The van der Waals surface area contributed by atoms with E-state index < -0.39 is 91.5 Å². The highest BCUT2D eigenvalue weighted by Gasteiger charge is 2.30. The first-order chi connectivity index (χ1) is 60.2. The minimum Gasteiger partial charge on any atom is -0.463 e. The van der Waals surface area contributed by atoms with Crippen LogP contribution in [0, 0.1) is 0 Å². The Morgan fingerprint density at radius 2 is 0.431 bits per heavy atom. The van der Waals surface area contributed by atoms with Gasteiger partial charge in [0.15, 0.2) is 6.10 Å². The minimum atomic E-state index is -4.95. The van der Waals surface area contributed by atoms with Crippen molar-refractivity contribution < 1.29 is 75.8 Å². The SMILES string of the molecule is CC/C=C\C/C=C\C/C=C\C/C=C\C/C=C\CCCCCCCCCCCCCCCC(=O)OCC(COP(=O)(O)OCC(O)COP(=O)(O)OCC(O)COC(=O)CCCCCCCCCCCCCCCCCCC/C=C\C/C=C\C/C=C\C/C=C\CCCCC)OC(=O)CCCCCCCCCCC/C=C\C/C=C\C/C=C\C/C=C\C/C=C\CC. The quantitative estimate of drug-likeness (QED) is 0.0146. The van der Waals surface area contributed by atoms with Gasteiger partial charge in [0, 0.05) is 19.3 Å². The molecular formula is C105H180O16P2. The Morgan fingerprint density at radius 3 is 0.683 bits per heavy atom. The van der Waals surface area contributed by atoms with Crippen LogP contribution < -0.4 is 0 Å². The average Bonchev–Trinajstić information content (AvgIpc) is 0.898. The van der Waals surface area contributed by atoms with Crippen molar-refractivity contribution in [1.29, 1.82) is 0 Å². The maximum atomic E-state index is 13.1. The predicted molar refractivity (Wildman–Crippen MR) is 519 cm³/mol. The lowest BCUT2D eigenvalue weighted by Gasteiger charge is -2.21. The fourth-order valence-corrected chi connectivity index (χ4v) is 15.1. The molecule has 0 aromatic heterocycles. The van der Waals surface area contributed by atoms with Crippen LogP contribution in [0.2, 0.25) is 0 Å². The van der Waals surface area contributed by atoms with Gasteiger partial charge in [0.25, 0.3) is 0 Å². The molecule has 123 heavy (non-hydrogen) atoms. The van der Waals surface area contributed by atoms with Crippen molar-refractivity contribution in [3.05, 3.63) is 170 Å². The van der Waals surface area contributed by atoms with Crippen molar-refractivity contribution >= 4 is 33.6 Å². The Hall–Kier alpha value is -5.09. The van der Waals surface area contributed by atoms with Gasteiger partial charge in [0.05, 0.1) is 26.4 Å². The number of hydrogen-bond acceptors (Lipinski definition) is 14. The van der Waals surface area contributed by atoms with Gasteiger partial charge < -0.3 is 34.2 Å². The molecular weight excluding hydrogens is 1580 g/mol.